The molecule has 1 heterocycles. The number of tetrazole rings is 1. The largest absolute Gasteiger partial charge is 0.493 e. The van der Waals surface area contributed by atoms with Gasteiger partial charge < -0.3 is 10.1 Å². The number of amides is 1. The Bertz CT molecular complexity index is 573. The van der Waals surface area contributed by atoms with Gasteiger partial charge in [-0.2, -0.15) is 0 Å². The number of carbonyl (C=O) groups excluding carboxylic acids is 1. The first kappa shape index (κ1) is 14.3. The molecule has 0 unspecified atom stereocenters. The average Bonchev–Trinajstić information content (AvgIpc) is 2.91. The lowest BCUT2D eigenvalue weighted by molar-refractivity contribution is -0.122. The Balaban J connectivity index is 1.94. The zero-order valence-corrected chi connectivity index (χ0v) is 11.7. The molecule has 1 aromatic heterocycles. The molecule has 0 fully saturated rings. The number of aromatic nitrogens is 4. The lowest BCUT2D eigenvalue weighted by atomic mass is 10.2. The predicted molar refractivity (Wildman–Crippen MR) is 72.3 cm³/mol. The van der Waals surface area contributed by atoms with E-state index >= 15 is 0 Å². The maximum absolute atomic E-state index is 11.7. The maximum Gasteiger partial charge on any atom is 0.242 e. The van der Waals surface area contributed by atoms with Crippen molar-refractivity contribution in [2.45, 2.75) is 20.0 Å². The summed E-state index contributed by atoms with van der Waals surface area (Å²) < 4.78 is 6.83. The second-order valence-corrected chi connectivity index (χ2v) is 4.41. The van der Waals surface area contributed by atoms with Crippen molar-refractivity contribution in [2.24, 2.45) is 0 Å². The molecule has 0 saturated heterocycles. The molecule has 0 atom stereocenters. The van der Waals surface area contributed by atoms with E-state index in [4.69, 9.17) is 16.3 Å². The molecule has 0 bridgehead atoms. The van der Waals surface area contributed by atoms with Crippen molar-refractivity contribution in [3.63, 3.8) is 0 Å². The van der Waals surface area contributed by atoms with Crippen LogP contribution in [-0.2, 0) is 17.9 Å². The number of nitrogens with zero attached hydrogens (tertiary/aromatic N) is 4. The summed E-state index contributed by atoms with van der Waals surface area (Å²) in [6.45, 7) is 2.85. The molecule has 0 aliphatic heterocycles. The molecule has 0 aliphatic rings. The summed E-state index contributed by atoms with van der Waals surface area (Å²) in [6.07, 6.45) is 1.38. The van der Waals surface area contributed by atoms with Gasteiger partial charge in [0.25, 0.3) is 0 Å². The Kier molecular flexibility index (Phi) is 4.89. The van der Waals surface area contributed by atoms with Crippen LogP contribution in [0.2, 0.25) is 5.02 Å². The Labute approximate surface area is 120 Å². The van der Waals surface area contributed by atoms with E-state index in [1.165, 1.54) is 11.0 Å². The molecule has 20 heavy (non-hydrogen) atoms. The SMILES string of the molecule is CCOc1cc(Cl)ccc1CNC(=O)Cn1cnnn1. The first-order valence-electron chi connectivity index (χ1n) is 6.07. The van der Waals surface area contributed by atoms with Gasteiger partial charge in [-0.1, -0.05) is 17.7 Å². The predicted octanol–water partition coefficient (Wildman–Crippen LogP) is 1.04. The molecule has 7 nitrogen and oxygen atoms in total. The fraction of sp³-hybridized carbons (Fsp3) is 0.333. The van der Waals surface area contributed by atoms with Crippen LogP contribution in [0.25, 0.3) is 0 Å². The molecule has 2 rings (SSSR count). The third kappa shape index (κ3) is 3.92. The van der Waals surface area contributed by atoms with Gasteiger partial charge in [0.2, 0.25) is 5.91 Å². The number of hydrogen-bond donors (Lipinski definition) is 1. The third-order valence-electron chi connectivity index (χ3n) is 2.50. The zero-order chi connectivity index (χ0) is 14.4. The summed E-state index contributed by atoms with van der Waals surface area (Å²) in [7, 11) is 0. The minimum Gasteiger partial charge on any atom is -0.493 e. The van der Waals surface area contributed by atoms with Gasteiger partial charge in [0, 0.05) is 17.1 Å². The molecular weight excluding hydrogens is 282 g/mol. The van der Waals surface area contributed by atoms with Crippen LogP contribution in [0, 0.1) is 0 Å². The number of hydrogen-bond acceptors (Lipinski definition) is 5. The van der Waals surface area contributed by atoms with Gasteiger partial charge in [-0.15, -0.1) is 5.10 Å². The number of rotatable bonds is 6. The average molecular weight is 296 g/mol. The fourth-order valence-electron chi connectivity index (χ4n) is 1.61. The molecule has 1 aromatic carbocycles. The minimum absolute atomic E-state index is 0.0740. The van der Waals surface area contributed by atoms with Crippen LogP contribution in [0.1, 0.15) is 12.5 Å². The van der Waals surface area contributed by atoms with Gasteiger partial charge in [0.05, 0.1) is 6.61 Å². The summed E-state index contributed by atoms with van der Waals surface area (Å²) in [6, 6.07) is 5.31. The third-order valence-corrected chi connectivity index (χ3v) is 2.74. The van der Waals surface area contributed by atoms with Crippen LogP contribution in [0.15, 0.2) is 24.5 Å². The topological polar surface area (TPSA) is 81.9 Å². The lowest BCUT2D eigenvalue weighted by Gasteiger charge is -2.11. The molecule has 1 amide bonds. The van der Waals surface area contributed by atoms with Gasteiger partial charge in [0.1, 0.15) is 18.6 Å². The van der Waals surface area contributed by atoms with E-state index in [0.717, 1.165) is 5.56 Å². The fourth-order valence-corrected chi connectivity index (χ4v) is 1.78. The highest BCUT2D eigenvalue weighted by molar-refractivity contribution is 6.30. The Morgan fingerprint density at radius 2 is 2.35 bits per heavy atom. The standard InChI is InChI=1S/C12H14ClN5O2/c1-2-20-11-5-10(13)4-3-9(11)6-14-12(19)7-18-8-15-16-17-18/h3-5,8H,2,6-7H2,1H3,(H,14,19). The molecule has 1 N–H and O–H groups in total. The van der Waals surface area contributed by atoms with Crippen LogP contribution >= 0.6 is 11.6 Å². The van der Waals surface area contributed by atoms with E-state index in [2.05, 4.69) is 20.8 Å². The van der Waals surface area contributed by atoms with Crippen LogP contribution in [0.3, 0.4) is 0 Å². The normalized spacial score (nSPS) is 10.3. The molecular formula is C12H14ClN5O2. The Morgan fingerprint density at radius 1 is 1.50 bits per heavy atom. The second-order valence-electron chi connectivity index (χ2n) is 3.97. The van der Waals surface area contributed by atoms with Crippen LogP contribution in [0.4, 0.5) is 0 Å². The lowest BCUT2D eigenvalue weighted by Crippen LogP contribution is -2.27. The maximum atomic E-state index is 11.7. The number of nitrogens with one attached hydrogen (secondary N) is 1. The summed E-state index contributed by atoms with van der Waals surface area (Å²) in [5, 5.41) is 13.9. The van der Waals surface area contributed by atoms with E-state index in [-0.39, 0.29) is 12.5 Å². The first-order chi connectivity index (χ1) is 9.69. The number of halogens is 1. The first-order valence-corrected chi connectivity index (χ1v) is 6.45. The van der Waals surface area contributed by atoms with Crippen molar-refractivity contribution in [3.05, 3.63) is 35.1 Å². The van der Waals surface area contributed by atoms with Gasteiger partial charge in [-0.25, -0.2) is 4.68 Å². The van der Waals surface area contributed by atoms with Crippen molar-refractivity contribution >= 4 is 17.5 Å². The van der Waals surface area contributed by atoms with Gasteiger partial charge in [-0.05, 0) is 29.5 Å². The Hall–Kier alpha value is -2.15. The molecule has 0 aliphatic carbocycles. The quantitative estimate of drug-likeness (QED) is 0.861. The van der Waals surface area contributed by atoms with Crippen molar-refractivity contribution in [2.75, 3.05) is 6.61 Å². The van der Waals surface area contributed by atoms with Crippen molar-refractivity contribution in [1.82, 2.24) is 25.5 Å². The van der Waals surface area contributed by atoms with Gasteiger partial charge in [0.15, 0.2) is 0 Å². The summed E-state index contributed by atoms with van der Waals surface area (Å²) in [5.41, 5.74) is 0.862. The summed E-state index contributed by atoms with van der Waals surface area (Å²) in [4.78, 5) is 11.7. The highest BCUT2D eigenvalue weighted by atomic mass is 35.5. The van der Waals surface area contributed by atoms with E-state index in [0.29, 0.717) is 23.9 Å². The van der Waals surface area contributed by atoms with Crippen molar-refractivity contribution in [1.29, 1.82) is 0 Å². The van der Waals surface area contributed by atoms with Crippen molar-refractivity contribution in [3.8, 4) is 5.75 Å². The Morgan fingerprint density at radius 3 is 3.05 bits per heavy atom. The van der Waals surface area contributed by atoms with E-state index in [9.17, 15) is 4.79 Å². The highest BCUT2D eigenvalue weighted by Gasteiger charge is 2.08. The molecule has 106 valence electrons. The van der Waals surface area contributed by atoms with Crippen LogP contribution in [-0.4, -0.2) is 32.7 Å². The van der Waals surface area contributed by atoms with E-state index in [1.54, 1.807) is 12.1 Å². The zero-order valence-electron chi connectivity index (χ0n) is 10.9. The van der Waals surface area contributed by atoms with E-state index < -0.39 is 0 Å². The number of benzene rings is 1. The molecule has 8 heteroatoms. The highest BCUT2D eigenvalue weighted by Crippen LogP contribution is 2.23. The molecule has 2 aromatic rings. The van der Waals surface area contributed by atoms with Crippen LogP contribution < -0.4 is 10.1 Å². The second kappa shape index (κ2) is 6.85. The number of carbonyl (C=O) groups is 1. The number of ether oxygens (including phenoxy) is 1. The monoisotopic (exact) mass is 295 g/mol. The summed E-state index contributed by atoms with van der Waals surface area (Å²) >= 11 is 5.92. The molecule has 0 spiro atoms. The molecule has 0 radical (unpaired) electrons. The van der Waals surface area contributed by atoms with E-state index in [1.807, 2.05) is 13.0 Å². The molecule has 0 saturated carbocycles. The van der Waals surface area contributed by atoms with Gasteiger partial charge >= 0.3 is 0 Å². The van der Waals surface area contributed by atoms with Crippen LogP contribution in [0.5, 0.6) is 5.75 Å². The smallest absolute Gasteiger partial charge is 0.242 e. The van der Waals surface area contributed by atoms with Gasteiger partial charge in [-0.3, -0.25) is 4.79 Å². The van der Waals surface area contributed by atoms with Crippen molar-refractivity contribution < 1.29 is 9.53 Å². The summed E-state index contributed by atoms with van der Waals surface area (Å²) in [5.74, 6) is 0.484. The minimum atomic E-state index is -0.185.